The van der Waals surface area contributed by atoms with Crippen molar-refractivity contribution in [1.29, 1.82) is 0 Å². The third-order valence-corrected chi connectivity index (χ3v) is 2.76. The van der Waals surface area contributed by atoms with Crippen LogP contribution in [0.25, 0.3) is 10.2 Å². The fraction of sp³-hybridized carbons (Fsp3) is 0.125. The zero-order chi connectivity index (χ0) is 8.72. The van der Waals surface area contributed by atoms with Crippen LogP contribution >= 0.6 is 22.9 Å². The molecule has 0 radical (unpaired) electrons. The number of thiazole rings is 1. The van der Waals surface area contributed by atoms with Crippen LogP contribution in [0.3, 0.4) is 0 Å². The first-order chi connectivity index (χ1) is 5.66. The van der Waals surface area contributed by atoms with Gasteiger partial charge in [0.2, 0.25) is 0 Å². The minimum Gasteiger partial charge on any atom is -0.241 e. The summed E-state index contributed by atoms with van der Waals surface area (Å²) in [4.78, 5) is 4.18. The molecule has 1 aromatic carbocycles. The topological polar surface area (TPSA) is 12.9 Å². The third-order valence-electron chi connectivity index (χ3n) is 1.54. The Hall–Kier alpha value is -0.670. The van der Waals surface area contributed by atoms with E-state index < -0.39 is 0 Å². The lowest BCUT2D eigenvalue weighted by Gasteiger charge is -1.91. The van der Waals surface area contributed by atoms with Crippen molar-refractivity contribution in [3.8, 4) is 0 Å². The summed E-state index contributed by atoms with van der Waals surface area (Å²) in [6.45, 7) is 1.89. The van der Waals surface area contributed by atoms with Crippen molar-refractivity contribution in [3.05, 3.63) is 28.0 Å². The Morgan fingerprint density at radius 1 is 1.50 bits per heavy atom. The second kappa shape index (κ2) is 2.68. The monoisotopic (exact) mass is 201 g/mol. The molecule has 2 aromatic rings. The summed E-state index contributed by atoms with van der Waals surface area (Å²) in [5.74, 6) is -0.382. The minimum absolute atomic E-state index is 0.132. The van der Waals surface area contributed by atoms with Gasteiger partial charge in [0.1, 0.15) is 5.82 Å². The van der Waals surface area contributed by atoms with Gasteiger partial charge in [-0.15, -0.1) is 11.3 Å². The molecule has 62 valence electrons. The highest BCUT2D eigenvalue weighted by Gasteiger charge is 2.05. The number of benzene rings is 1. The standard InChI is InChI=1S/C8H5ClFNS/c1-4-11-7-2-5(9)6(10)3-8(7)12-4/h2-3H,1H3. The van der Waals surface area contributed by atoms with E-state index in [0.29, 0.717) is 0 Å². The van der Waals surface area contributed by atoms with Gasteiger partial charge in [-0.2, -0.15) is 0 Å². The molecule has 0 amide bonds. The zero-order valence-corrected chi connectivity index (χ0v) is 7.84. The molecule has 0 saturated carbocycles. The quantitative estimate of drug-likeness (QED) is 0.637. The largest absolute Gasteiger partial charge is 0.241 e. The number of halogens is 2. The summed E-state index contributed by atoms with van der Waals surface area (Å²) < 4.78 is 13.7. The van der Waals surface area contributed by atoms with E-state index in [-0.39, 0.29) is 10.8 Å². The van der Waals surface area contributed by atoms with Gasteiger partial charge in [0.15, 0.2) is 0 Å². The van der Waals surface area contributed by atoms with Crippen LogP contribution in [0.15, 0.2) is 12.1 Å². The molecule has 4 heteroatoms. The average molecular weight is 202 g/mol. The Balaban J connectivity index is 2.83. The van der Waals surface area contributed by atoms with Crippen LogP contribution in [-0.2, 0) is 0 Å². The SMILES string of the molecule is Cc1nc2cc(Cl)c(F)cc2s1. The van der Waals surface area contributed by atoms with Crippen molar-refractivity contribution in [3.63, 3.8) is 0 Å². The van der Waals surface area contributed by atoms with E-state index >= 15 is 0 Å². The van der Waals surface area contributed by atoms with Crippen LogP contribution in [0.2, 0.25) is 5.02 Å². The van der Waals surface area contributed by atoms with E-state index in [2.05, 4.69) is 4.98 Å². The first-order valence-corrected chi connectivity index (χ1v) is 4.58. The van der Waals surface area contributed by atoms with E-state index in [4.69, 9.17) is 11.6 Å². The predicted octanol–water partition coefficient (Wildman–Crippen LogP) is 3.40. The molecule has 2 rings (SSSR count). The summed E-state index contributed by atoms with van der Waals surface area (Å²) in [7, 11) is 0. The van der Waals surface area contributed by atoms with Crippen LogP contribution in [0.1, 0.15) is 5.01 Å². The molecule has 0 aliphatic heterocycles. The summed E-state index contributed by atoms with van der Waals surface area (Å²) in [6.07, 6.45) is 0. The molecule has 0 bridgehead atoms. The Morgan fingerprint density at radius 2 is 2.25 bits per heavy atom. The molecule has 0 spiro atoms. The molecule has 0 aliphatic rings. The maximum absolute atomic E-state index is 12.9. The number of hydrogen-bond acceptors (Lipinski definition) is 2. The van der Waals surface area contributed by atoms with Crippen LogP contribution < -0.4 is 0 Å². The second-order valence-corrected chi connectivity index (χ2v) is 4.11. The highest BCUT2D eigenvalue weighted by atomic mass is 35.5. The van der Waals surface area contributed by atoms with E-state index in [1.807, 2.05) is 6.92 Å². The van der Waals surface area contributed by atoms with Crippen LogP contribution in [0, 0.1) is 12.7 Å². The number of hydrogen-bond donors (Lipinski definition) is 0. The Kier molecular flexibility index (Phi) is 1.77. The molecular weight excluding hydrogens is 197 g/mol. The van der Waals surface area contributed by atoms with Gasteiger partial charge in [0, 0.05) is 0 Å². The lowest BCUT2D eigenvalue weighted by Crippen LogP contribution is -1.75. The van der Waals surface area contributed by atoms with Gasteiger partial charge in [-0.25, -0.2) is 9.37 Å². The zero-order valence-electron chi connectivity index (χ0n) is 6.27. The molecule has 0 aliphatic carbocycles. The van der Waals surface area contributed by atoms with Gasteiger partial charge < -0.3 is 0 Å². The average Bonchev–Trinajstić information content (AvgIpc) is 2.30. The maximum Gasteiger partial charge on any atom is 0.143 e. The van der Waals surface area contributed by atoms with E-state index in [9.17, 15) is 4.39 Å². The summed E-state index contributed by atoms with van der Waals surface area (Å²) in [6, 6.07) is 2.97. The van der Waals surface area contributed by atoms with Gasteiger partial charge in [0.25, 0.3) is 0 Å². The Bertz CT molecular complexity index is 399. The summed E-state index contributed by atoms with van der Waals surface area (Å²) in [5, 5.41) is 1.06. The predicted molar refractivity (Wildman–Crippen MR) is 49.3 cm³/mol. The molecule has 1 heterocycles. The lowest BCUT2D eigenvalue weighted by molar-refractivity contribution is 0.630. The Morgan fingerprint density at radius 3 is 3.00 bits per heavy atom. The van der Waals surface area contributed by atoms with Crippen molar-refractivity contribution >= 4 is 33.2 Å². The second-order valence-electron chi connectivity index (χ2n) is 2.47. The summed E-state index contributed by atoms with van der Waals surface area (Å²) >= 11 is 7.05. The normalized spacial score (nSPS) is 10.9. The number of rotatable bonds is 0. The van der Waals surface area contributed by atoms with Gasteiger partial charge in [-0.1, -0.05) is 11.6 Å². The molecular formula is C8H5ClFNS. The van der Waals surface area contributed by atoms with Gasteiger partial charge in [0.05, 0.1) is 20.2 Å². The van der Waals surface area contributed by atoms with Crippen molar-refractivity contribution < 1.29 is 4.39 Å². The fourth-order valence-corrected chi connectivity index (χ4v) is 2.03. The smallest absolute Gasteiger partial charge is 0.143 e. The first-order valence-electron chi connectivity index (χ1n) is 3.39. The van der Waals surface area contributed by atoms with Gasteiger partial charge in [-0.05, 0) is 19.1 Å². The van der Waals surface area contributed by atoms with Crippen molar-refractivity contribution in [1.82, 2.24) is 4.98 Å². The minimum atomic E-state index is -0.382. The highest BCUT2D eigenvalue weighted by molar-refractivity contribution is 7.18. The highest BCUT2D eigenvalue weighted by Crippen LogP contribution is 2.26. The van der Waals surface area contributed by atoms with Gasteiger partial charge >= 0.3 is 0 Å². The molecule has 1 aromatic heterocycles. The number of aromatic nitrogens is 1. The van der Waals surface area contributed by atoms with Crippen molar-refractivity contribution in [2.45, 2.75) is 6.92 Å². The first kappa shape index (κ1) is 7.95. The number of nitrogens with zero attached hydrogens (tertiary/aromatic N) is 1. The van der Waals surface area contributed by atoms with Gasteiger partial charge in [-0.3, -0.25) is 0 Å². The molecule has 1 nitrogen and oxygen atoms in total. The molecule has 0 unspecified atom stereocenters. The lowest BCUT2D eigenvalue weighted by atomic mass is 10.3. The van der Waals surface area contributed by atoms with Crippen molar-refractivity contribution in [2.24, 2.45) is 0 Å². The molecule has 0 N–H and O–H groups in total. The van der Waals surface area contributed by atoms with E-state index in [1.54, 1.807) is 6.07 Å². The van der Waals surface area contributed by atoms with Crippen LogP contribution in [0.5, 0.6) is 0 Å². The summed E-state index contributed by atoms with van der Waals surface area (Å²) in [5.41, 5.74) is 0.768. The number of aryl methyl sites for hydroxylation is 1. The molecule has 0 saturated heterocycles. The van der Waals surface area contributed by atoms with E-state index in [0.717, 1.165) is 15.2 Å². The molecule has 12 heavy (non-hydrogen) atoms. The van der Waals surface area contributed by atoms with E-state index in [1.165, 1.54) is 17.4 Å². The molecule has 0 fully saturated rings. The maximum atomic E-state index is 12.9. The third kappa shape index (κ3) is 1.19. The number of fused-ring (bicyclic) bond motifs is 1. The van der Waals surface area contributed by atoms with Crippen LogP contribution in [-0.4, -0.2) is 4.98 Å². The molecule has 0 atom stereocenters. The fourth-order valence-electron chi connectivity index (χ4n) is 1.04. The van der Waals surface area contributed by atoms with Crippen LogP contribution in [0.4, 0.5) is 4.39 Å². The Labute approximate surface area is 77.8 Å². The van der Waals surface area contributed by atoms with Crippen molar-refractivity contribution in [2.75, 3.05) is 0 Å².